The first kappa shape index (κ1) is 31.0. The number of aromatic nitrogens is 3. The number of nitrogens with two attached hydrogens (primary N) is 1. The number of rotatable bonds is 9. The number of azo groups is 1. The van der Waals surface area contributed by atoms with Crippen molar-refractivity contribution in [2.24, 2.45) is 27.1 Å². The number of anilines is 1. The molecular formula is C27H33F6N9. The van der Waals surface area contributed by atoms with Crippen LogP contribution in [0.5, 0.6) is 0 Å². The molecule has 1 fully saturated rings. The van der Waals surface area contributed by atoms with Crippen molar-refractivity contribution in [1.29, 1.82) is 0 Å². The lowest BCUT2D eigenvalue weighted by atomic mass is 9.85. The molecule has 2 N–H and O–H groups in total. The first-order valence-corrected chi connectivity index (χ1v) is 13.6. The lowest BCUT2D eigenvalue weighted by Crippen LogP contribution is -2.35. The van der Waals surface area contributed by atoms with E-state index in [1.54, 1.807) is 10.9 Å². The largest absolute Gasteiger partial charge is 0.416 e. The summed E-state index contributed by atoms with van der Waals surface area (Å²) >= 11 is 0. The third-order valence-electron chi connectivity index (χ3n) is 7.32. The van der Waals surface area contributed by atoms with Crippen LogP contribution in [0.2, 0.25) is 0 Å². The first-order valence-electron chi connectivity index (χ1n) is 13.6. The molecule has 15 heteroatoms. The molecule has 0 saturated heterocycles. The van der Waals surface area contributed by atoms with Gasteiger partial charge < -0.3 is 15.6 Å². The van der Waals surface area contributed by atoms with E-state index in [4.69, 9.17) is 10.8 Å². The minimum Gasteiger partial charge on any atom is -0.356 e. The maximum atomic E-state index is 13.6. The molecule has 9 nitrogen and oxygen atoms in total. The van der Waals surface area contributed by atoms with E-state index < -0.39 is 30.0 Å². The fourth-order valence-corrected chi connectivity index (χ4v) is 5.01. The molecular weight excluding hydrogens is 564 g/mol. The van der Waals surface area contributed by atoms with E-state index in [1.807, 2.05) is 19.9 Å². The highest BCUT2D eigenvalue weighted by Gasteiger charge is 2.37. The summed E-state index contributed by atoms with van der Waals surface area (Å²) < 4.78 is 83.3. The normalized spacial score (nSPS) is 15.0. The number of guanidine groups is 1. The Morgan fingerprint density at radius 1 is 1.02 bits per heavy atom. The van der Waals surface area contributed by atoms with E-state index >= 15 is 0 Å². The lowest BCUT2D eigenvalue weighted by molar-refractivity contribution is -0.143. The van der Waals surface area contributed by atoms with Crippen molar-refractivity contribution < 1.29 is 26.3 Å². The van der Waals surface area contributed by atoms with Crippen LogP contribution in [0.4, 0.5) is 32.2 Å². The van der Waals surface area contributed by atoms with Gasteiger partial charge in [0.2, 0.25) is 0 Å². The summed E-state index contributed by atoms with van der Waals surface area (Å²) in [5.74, 6) is 6.56. The van der Waals surface area contributed by atoms with Crippen LogP contribution in [-0.2, 0) is 32.0 Å². The predicted octanol–water partition coefficient (Wildman–Crippen LogP) is 6.43. The van der Waals surface area contributed by atoms with Crippen LogP contribution in [0.15, 0.2) is 45.8 Å². The van der Waals surface area contributed by atoms with Crippen molar-refractivity contribution in [2.75, 3.05) is 25.0 Å². The van der Waals surface area contributed by atoms with E-state index in [0.717, 1.165) is 31.2 Å². The molecule has 228 valence electrons. The van der Waals surface area contributed by atoms with Crippen LogP contribution in [0.3, 0.4) is 0 Å². The first-order chi connectivity index (χ1) is 19.9. The smallest absolute Gasteiger partial charge is 0.356 e. The number of hydrogen-bond donors (Lipinski definition) is 1. The van der Waals surface area contributed by atoms with Gasteiger partial charge in [-0.25, -0.2) is 9.67 Å². The van der Waals surface area contributed by atoms with Gasteiger partial charge in [0.05, 0.1) is 17.3 Å². The zero-order valence-electron chi connectivity index (χ0n) is 23.5. The summed E-state index contributed by atoms with van der Waals surface area (Å²) in [6.07, 6.45) is -4.94. The molecule has 0 unspecified atom stereocenters. The monoisotopic (exact) mass is 597 g/mol. The topological polar surface area (TPSA) is 100 Å². The van der Waals surface area contributed by atoms with E-state index in [0.29, 0.717) is 48.2 Å². The minimum atomic E-state index is -4.99. The highest BCUT2D eigenvalue weighted by molar-refractivity contribution is 5.81. The zero-order chi connectivity index (χ0) is 30.7. The second-order valence-corrected chi connectivity index (χ2v) is 10.2. The quantitative estimate of drug-likeness (QED) is 0.0766. The van der Waals surface area contributed by atoms with Gasteiger partial charge in [0.25, 0.3) is 5.96 Å². The fraction of sp³-hybridized carbons (Fsp3) is 0.519. The Kier molecular flexibility index (Phi) is 9.26. The number of halogens is 6. The van der Waals surface area contributed by atoms with Crippen LogP contribution < -0.4 is 10.7 Å². The number of fused-ring (bicyclic) bond motifs is 1. The Balaban J connectivity index is 1.81. The Morgan fingerprint density at radius 3 is 2.19 bits per heavy atom. The molecule has 0 atom stereocenters. The molecule has 1 aliphatic rings. The van der Waals surface area contributed by atoms with Gasteiger partial charge in [-0.05, 0) is 62.4 Å². The van der Waals surface area contributed by atoms with Gasteiger partial charge >= 0.3 is 12.4 Å². The van der Waals surface area contributed by atoms with Crippen LogP contribution in [0.25, 0.3) is 11.0 Å². The number of hydrazone groups is 1. The number of aryl methyl sites for hydroxylation is 1. The molecule has 3 aromatic rings. The minimum absolute atomic E-state index is 0.0244. The third-order valence-corrected chi connectivity index (χ3v) is 7.32. The van der Waals surface area contributed by atoms with Gasteiger partial charge in [0.1, 0.15) is 5.82 Å². The van der Waals surface area contributed by atoms with Gasteiger partial charge in [0.15, 0.2) is 5.65 Å². The van der Waals surface area contributed by atoms with Crippen LogP contribution >= 0.6 is 0 Å². The molecule has 4 rings (SSSR count). The van der Waals surface area contributed by atoms with Gasteiger partial charge in [0, 0.05) is 50.7 Å². The van der Waals surface area contributed by atoms with Crippen LogP contribution in [0.1, 0.15) is 55.4 Å². The molecule has 0 bridgehead atoms. The Labute approximate surface area is 239 Å². The van der Waals surface area contributed by atoms with Crippen molar-refractivity contribution in [2.45, 2.75) is 65.1 Å². The Bertz CT molecular complexity index is 1410. The number of nitrogens with zero attached hydrogens (tertiary/aromatic N) is 8. The number of alkyl halides is 6. The Morgan fingerprint density at radius 2 is 1.69 bits per heavy atom. The molecule has 0 amide bonds. The van der Waals surface area contributed by atoms with Crippen molar-refractivity contribution in [1.82, 2.24) is 19.7 Å². The van der Waals surface area contributed by atoms with Crippen molar-refractivity contribution >= 4 is 22.8 Å². The second kappa shape index (κ2) is 12.5. The van der Waals surface area contributed by atoms with E-state index in [1.165, 1.54) is 11.9 Å². The van der Waals surface area contributed by atoms with E-state index in [2.05, 4.69) is 25.3 Å². The Hall–Kier alpha value is -3.91. The van der Waals surface area contributed by atoms with Crippen molar-refractivity contribution in [3.63, 3.8) is 0 Å². The molecule has 0 radical (unpaired) electrons. The lowest BCUT2D eigenvalue weighted by Gasteiger charge is -2.34. The SMILES string of the molecule is CCN(CC1CCC1)c1nc2c(cnn2CC)cc1CN(Cc1cc(C(F)(F)F)cc(C(F)(F)F)c1)C(N=NC)=NN. The highest BCUT2D eigenvalue weighted by atomic mass is 19.4. The van der Waals surface area contributed by atoms with Gasteiger partial charge in [-0.15, -0.1) is 10.2 Å². The summed E-state index contributed by atoms with van der Waals surface area (Å²) in [6, 6.07) is 3.33. The average molecular weight is 598 g/mol. The molecule has 1 aromatic carbocycles. The molecule has 1 saturated carbocycles. The van der Waals surface area contributed by atoms with Crippen LogP contribution in [0, 0.1) is 5.92 Å². The van der Waals surface area contributed by atoms with Gasteiger partial charge in [-0.1, -0.05) is 6.42 Å². The van der Waals surface area contributed by atoms with Crippen LogP contribution in [-0.4, -0.2) is 45.8 Å². The maximum absolute atomic E-state index is 13.6. The number of benzene rings is 1. The third kappa shape index (κ3) is 6.93. The van der Waals surface area contributed by atoms with Crippen molar-refractivity contribution in [3.05, 3.63) is 52.7 Å². The number of pyridine rings is 1. The summed E-state index contributed by atoms with van der Waals surface area (Å²) in [4.78, 5) is 8.47. The number of hydrogen-bond acceptors (Lipinski definition) is 6. The maximum Gasteiger partial charge on any atom is 0.416 e. The van der Waals surface area contributed by atoms with Gasteiger partial charge in [-0.3, -0.25) is 0 Å². The molecule has 42 heavy (non-hydrogen) atoms. The molecule has 0 aliphatic heterocycles. The summed E-state index contributed by atoms with van der Waals surface area (Å²) in [5.41, 5.74) is -1.74. The summed E-state index contributed by atoms with van der Waals surface area (Å²) in [6.45, 7) is 5.50. The van der Waals surface area contributed by atoms with Gasteiger partial charge in [-0.2, -0.15) is 36.6 Å². The average Bonchev–Trinajstić information content (AvgIpc) is 3.31. The van der Waals surface area contributed by atoms with E-state index in [9.17, 15) is 26.3 Å². The molecule has 2 aromatic heterocycles. The summed E-state index contributed by atoms with van der Waals surface area (Å²) in [5, 5.41) is 16.4. The predicted molar refractivity (Wildman–Crippen MR) is 147 cm³/mol. The zero-order valence-corrected chi connectivity index (χ0v) is 23.5. The van der Waals surface area contributed by atoms with E-state index in [-0.39, 0.29) is 24.1 Å². The fourth-order valence-electron chi connectivity index (χ4n) is 5.01. The molecule has 1 aliphatic carbocycles. The highest BCUT2D eigenvalue weighted by Crippen LogP contribution is 2.37. The molecule has 0 spiro atoms. The van der Waals surface area contributed by atoms with Crippen molar-refractivity contribution in [3.8, 4) is 0 Å². The second-order valence-electron chi connectivity index (χ2n) is 10.2. The summed E-state index contributed by atoms with van der Waals surface area (Å²) in [7, 11) is 1.35. The standard InChI is InChI=1S/C27H33F6N9/c1-4-40(14-17-7-6-8-17)23-20(11-19-13-36-42(5-2)24(19)37-23)16-41(25(38-34)39-35-3)15-18-9-21(26(28,29)30)12-22(10-18)27(31,32)33/h9-13,17H,4-8,14-16,34H2,1-3H3. The molecule has 2 heterocycles.